The van der Waals surface area contributed by atoms with Gasteiger partial charge in [0, 0.05) is 11.8 Å². The van der Waals surface area contributed by atoms with Crippen LogP contribution in [0.3, 0.4) is 0 Å². The van der Waals surface area contributed by atoms with Gasteiger partial charge in [0.25, 0.3) is 5.91 Å². The Bertz CT molecular complexity index is 359. The number of aliphatic hydroxyl groups is 1. The Morgan fingerprint density at radius 3 is 2.78 bits per heavy atom. The van der Waals surface area contributed by atoms with Gasteiger partial charge in [-0.1, -0.05) is 32.2 Å². The van der Waals surface area contributed by atoms with Crippen molar-refractivity contribution in [3.05, 3.63) is 11.6 Å². The summed E-state index contributed by atoms with van der Waals surface area (Å²) in [5.74, 6) is -0.180. The lowest BCUT2D eigenvalue weighted by Gasteiger charge is -2.32. The number of hydrogen-bond donors (Lipinski definition) is 2. The second-order valence-electron chi connectivity index (χ2n) is 3.92. The minimum atomic E-state index is -0.990. The molecule has 102 valence electrons. The summed E-state index contributed by atoms with van der Waals surface area (Å²) in [6.45, 7) is 3.77. The standard InChI is InChI=1S/C11H19N3O3S/c1-3-5-8-6-10(16)14(11(8)17)13(18-4-2)7-9(12)15/h6,11,17H,3-5,7H2,1-2H3,(H2,12,15). The van der Waals surface area contributed by atoms with E-state index in [4.69, 9.17) is 5.73 Å². The lowest BCUT2D eigenvalue weighted by molar-refractivity contribution is -0.147. The topological polar surface area (TPSA) is 86.9 Å². The lowest BCUT2D eigenvalue weighted by Crippen LogP contribution is -2.48. The van der Waals surface area contributed by atoms with E-state index < -0.39 is 12.1 Å². The fraction of sp³-hybridized carbons (Fsp3) is 0.636. The summed E-state index contributed by atoms with van der Waals surface area (Å²) in [5.41, 5.74) is 5.82. The number of carbonyl (C=O) groups is 2. The summed E-state index contributed by atoms with van der Waals surface area (Å²) in [6.07, 6.45) is 1.94. The van der Waals surface area contributed by atoms with Gasteiger partial charge in [0.2, 0.25) is 5.91 Å². The maximum absolute atomic E-state index is 11.9. The van der Waals surface area contributed by atoms with Crippen molar-refractivity contribution in [2.45, 2.75) is 32.9 Å². The van der Waals surface area contributed by atoms with E-state index in [1.807, 2.05) is 13.8 Å². The first kappa shape index (κ1) is 15.0. The summed E-state index contributed by atoms with van der Waals surface area (Å²) in [6, 6.07) is 0. The van der Waals surface area contributed by atoms with Gasteiger partial charge >= 0.3 is 0 Å². The van der Waals surface area contributed by atoms with Crippen molar-refractivity contribution >= 4 is 23.8 Å². The molecule has 0 spiro atoms. The Kier molecular flexibility index (Phi) is 5.64. The van der Waals surface area contributed by atoms with Crippen LogP contribution in [0.15, 0.2) is 11.6 Å². The van der Waals surface area contributed by atoms with Crippen molar-refractivity contribution < 1.29 is 14.7 Å². The average molecular weight is 273 g/mol. The van der Waals surface area contributed by atoms with Gasteiger partial charge < -0.3 is 10.8 Å². The van der Waals surface area contributed by atoms with E-state index >= 15 is 0 Å². The largest absolute Gasteiger partial charge is 0.368 e. The van der Waals surface area contributed by atoms with Crippen LogP contribution in [0.2, 0.25) is 0 Å². The van der Waals surface area contributed by atoms with Crippen LogP contribution in [0.5, 0.6) is 0 Å². The highest BCUT2D eigenvalue weighted by Gasteiger charge is 2.35. The predicted octanol–water partition coefficient (Wildman–Crippen LogP) is 0.244. The van der Waals surface area contributed by atoms with Crippen LogP contribution in [0, 0.1) is 0 Å². The number of aliphatic hydroxyl groups excluding tert-OH is 1. The van der Waals surface area contributed by atoms with Gasteiger partial charge in [0.15, 0.2) is 6.23 Å². The highest BCUT2D eigenvalue weighted by atomic mass is 32.2. The van der Waals surface area contributed by atoms with E-state index in [9.17, 15) is 14.7 Å². The molecule has 1 atom stereocenters. The van der Waals surface area contributed by atoms with E-state index in [0.29, 0.717) is 17.7 Å². The van der Waals surface area contributed by atoms with Gasteiger partial charge in [0.05, 0.1) is 0 Å². The Hall–Kier alpha value is -1.05. The molecule has 6 nitrogen and oxygen atoms in total. The molecular weight excluding hydrogens is 254 g/mol. The molecule has 7 heteroatoms. The minimum Gasteiger partial charge on any atom is -0.368 e. The molecule has 0 saturated heterocycles. The van der Waals surface area contributed by atoms with Crippen molar-refractivity contribution in [2.24, 2.45) is 5.73 Å². The van der Waals surface area contributed by atoms with E-state index in [-0.39, 0.29) is 12.5 Å². The number of hydrogen-bond acceptors (Lipinski definition) is 5. The molecule has 0 aromatic carbocycles. The third-order valence-electron chi connectivity index (χ3n) is 2.45. The van der Waals surface area contributed by atoms with Gasteiger partial charge in [-0.15, -0.1) is 4.41 Å². The molecule has 1 aliphatic rings. The maximum Gasteiger partial charge on any atom is 0.264 e. The van der Waals surface area contributed by atoms with Crippen LogP contribution < -0.4 is 5.73 Å². The van der Waals surface area contributed by atoms with Crippen molar-refractivity contribution in [1.29, 1.82) is 0 Å². The number of rotatable bonds is 7. The Labute approximate surface area is 111 Å². The number of amides is 2. The minimum absolute atomic E-state index is 0.103. The average Bonchev–Trinajstić information content (AvgIpc) is 2.54. The van der Waals surface area contributed by atoms with E-state index in [0.717, 1.165) is 6.42 Å². The molecule has 1 rings (SSSR count). The third kappa shape index (κ3) is 3.47. The molecule has 0 aliphatic carbocycles. The van der Waals surface area contributed by atoms with Crippen molar-refractivity contribution in [2.75, 3.05) is 12.3 Å². The van der Waals surface area contributed by atoms with Crippen molar-refractivity contribution in [3.8, 4) is 0 Å². The highest BCUT2D eigenvalue weighted by Crippen LogP contribution is 2.26. The van der Waals surface area contributed by atoms with Crippen LogP contribution in [0.25, 0.3) is 0 Å². The highest BCUT2D eigenvalue weighted by molar-refractivity contribution is 7.96. The molecule has 0 fully saturated rings. The molecule has 1 heterocycles. The molecule has 1 unspecified atom stereocenters. The zero-order valence-electron chi connectivity index (χ0n) is 10.6. The first-order valence-electron chi connectivity index (χ1n) is 5.91. The van der Waals surface area contributed by atoms with Crippen LogP contribution in [0.4, 0.5) is 0 Å². The molecule has 0 bridgehead atoms. The first-order valence-corrected chi connectivity index (χ1v) is 6.85. The molecule has 2 amide bonds. The fourth-order valence-electron chi connectivity index (χ4n) is 1.77. The first-order chi connectivity index (χ1) is 8.51. The van der Waals surface area contributed by atoms with Gasteiger partial charge in [-0.3, -0.25) is 9.59 Å². The van der Waals surface area contributed by atoms with Gasteiger partial charge in [-0.2, -0.15) is 0 Å². The third-order valence-corrected chi connectivity index (χ3v) is 3.31. The smallest absolute Gasteiger partial charge is 0.264 e. The molecule has 0 aromatic heterocycles. The summed E-state index contributed by atoms with van der Waals surface area (Å²) in [4.78, 5) is 22.8. The van der Waals surface area contributed by atoms with Crippen LogP contribution in [0.1, 0.15) is 26.7 Å². The number of nitrogens with two attached hydrogens (primary N) is 1. The molecule has 0 aromatic rings. The summed E-state index contributed by atoms with van der Waals surface area (Å²) >= 11 is 1.27. The second-order valence-corrected chi connectivity index (χ2v) is 5.18. The fourth-order valence-corrected chi connectivity index (χ4v) is 2.58. The van der Waals surface area contributed by atoms with Crippen molar-refractivity contribution in [1.82, 2.24) is 9.42 Å². The number of primary amides is 1. The number of hydrazine groups is 1. The number of nitrogens with zero attached hydrogens (tertiary/aromatic N) is 2. The maximum atomic E-state index is 11.9. The van der Waals surface area contributed by atoms with Crippen LogP contribution in [-0.2, 0) is 9.59 Å². The zero-order chi connectivity index (χ0) is 13.7. The quantitative estimate of drug-likeness (QED) is 0.649. The number of carbonyl (C=O) groups excluding carboxylic acids is 2. The Morgan fingerprint density at radius 2 is 2.28 bits per heavy atom. The van der Waals surface area contributed by atoms with Gasteiger partial charge in [-0.05, 0) is 12.0 Å². The van der Waals surface area contributed by atoms with E-state index in [2.05, 4.69) is 0 Å². The summed E-state index contributed by atoms with van der Waals surface area (Å²) in [5, 5.41) is 11.3. The van der Waals surface area contributed by atoms with Crippen LogP contribution in [-0.4, -0.2) is 44.9 Å². The molecule has 3 N–H and O–H groups in total. The van der Waals surface area contributed by atoms with E-state index in [1.54, 1.807) is 0 Å². The van der Waals surface area contributed by atoms with Gasteiger partial charge in [-0.25, -0.2) is 5.01 Å². The van der Waals surface area contributed by atoms with Crippen LogP contribution >= 0.6 is 11.9 Å². The van der Waals surface area contributed by atoms with Gasteiger partial charge in [0.1, 0.15) is 6.54 Å². The summed E-state index contributed by atoms with van der Waals surface area (Å²) in [7, 11) is 0. The molecular formula is C11H19N3O3S. The SMILES string of the molecule is CCCC1=CC(=O)N(N(CC(N)=O)SCC)C1O. The molecule has 0 radical (unpaired) electrons. The normalized spacial score (nSPS) is 19.6. The Morgan fingerprint density at radius 1 is 1.61 bits per heavy atom. The zero-order valence-corrected chi connectivity index (χ0v) is 11.4. The summed E-state index contributed by atoms with van der Waals surface area (Å²) < 4.78 is 1.43. The molecule has 0 saturated carbocycles. The lowest BCUT2D eigenvalue weighted by atomic mass is 10.1. The monoisotopic (exact) mass is 273 g/mol. The van der Waals surface area contributed by atoms with E-state index in [1.165, 1.54) is 27.4 Å². The molecule has 1 aliphatic heterocycles. The molecule has 18 heavy (non-hydrogen) atoms. The van der Waals surface area contributed by atoms with Crippen molar-refractivity contribution in [3.63, 3.8) is 0 Å². The predicted molar refractivity (Wildman–Crippen MR) is 69.9 cm³/mol. The second kappa shape index (κ2) is 6.77. The Balaban J connectivity index is 2.80.